The molecular weight excluding hydrogens is 368 g/mol. The van der Waals surface area contributed by atoms with E-state index in [0.29, 0.717) is 17.9 Å². The molecule has 0 bridgehead atoms. The van der Waals surface area contributed by atoms with E-state index in [0.717, 1.165) is 29.9 Å². The Hall–Kier alpha value is -1.28. The predicted octanol–water partition coefficient (Wildman–Crippen LogP) is 6.87. The molecule has 7 atom stereocenters. The Morgan fingerprint density at radius 1 is 0.967 bits per heavy atom. The van der Waals surface area contributed by atoms with E-state index in [4.69, 9.17) is 4.74 Å². The number of fused-ring (bicyclic) bond motifs is 5. The molecule has 2 nitrogen and oxygen atoms in total. The van der Waals surface area contributed by atoms with Gasteiger partial charge >= 0.3 is 0 Å². The Kier molecular flexibility index (Phi) is 5.29. The van der Waals surface area contributed by atoms with E-state index >= 15 is 0 Å². The summed E-state index contributed by atoms with van der Waals surface area (Å²) in [6.07, 6.45) is 14.2. The molecule has 2 heteroatoms. The van der Waals surface area contributed by atoms with Gasteiger partial charge in [0.15, 0.2) is 0 Å². The highest BCUT2D eigenvalue weighted by Gasteiger charge is 2.60. The van der Waals surface area contributed by atoms with Crippen LogP contribution in [0.3, 0.4) is 0 Å². The summed E-state index contributed by atoms with van der Waals surface area (Å²) in [6.45, 7) is 7.74. The standard InChI is InChI=1S/C28H40O2/c1-4-30-22-11-8-19(9-12-22)17-20-18-25-23-13-10-21-7-5-6-15-27(21,2)24(23)14-16-28(25,3)26(20)29/h8-9,11-12,17,21,23-26,29H,4-7,10,13-16,18H2,1-3H3/b20-17-/t21-,23+,24-,25-,26+,27+,28+/m1/s1. The Labute approximate surface area is 183 Å². The van der Waals surface area contributed by atoms with Crippen molar-refractivity contribution in [2.24, 2.45) is 34.5 Å². The van der Waals surface area contributed by atoms with Crippen molar-refractivity contribution in [3.8, 4) is 5.75 Å². The summed E-state index contributed by atoms with van der Waals surface area (Å²) >= 11 is 0. The largest absolute Gasteiger partial charge is 0.494 e. The summed E-state index contributed by atoms with van der Waals surface area (Å²) < 4.78 is 5.59. The molecule has 164 valence electrons. The van der Waals surface area contributed by atoms with Crippen LogP contribution in [0, 0.1) is 34.5 Å². The molecule has 0 unspecified atom stereocenters. The van der Waals surface area contributed by atoms with Crippen molar-refractivity contribution in [1.82, 2.24) is 0 Å². The van der Waals surface area contributed by atoms with Crippen molar-refractivity contribution in [2.45, 2.75) is 84.7 Å². The summed E-state index contributed by atoms with van der Waals surface area (Å²) in [6, 6.07) is 8.36. The van der Waals surface area contributed by atoms with Crippen molar-refractivity contribution in [3.05, 3.63) is 35.4 Å². The zero-order valence-electron chi connectivity index (χ0n) is 19.2. The van der Waals surface area contributed by atoms with Crippen LogP contribution < -0.4 is 4.74 Å². The second-order valence-electron chi connectivity index (χ2n) is 11.3. The van der Waals surface area contributed by atoms with Crippen LogP contribution in [0.2, 0.25) is 0 Å². The van der Waals surface area contributed by atoms with Gasteiger partial charge in [-0.15, -0.1) is 0 Å². The first-order chi connectivity index (χ1) is 14.5. The fourth-order valence-electron chi connectivity index (χ4n) is 8.33. The first-order valence-corrected chi connectivity index (χ1v) is 12.6. The SMILES string of the molecule is CCOc1ccc(/C=C2/C[C@@H]3[C@H]4CC[C@H]5CCCC[C@]5(C)[C@@H]4CC[C@]3(C)[C@H]2O)cc1. The number of aliphatic hydroxyl groups excluding tert-OH is 1. The van der Waals surface area contributed by atoms with E-state index in [-0.39, 0.29) is 11.5 Å². The zero-order chi connectivity index (χ0) is 20.9. The Morgan fingerprint density at radius 3 is 2.53 bits per heavy atom. The fourth-order valence-corrected chi connectivity index (χ4v) is 8.33. The van der Waals surface area contributed by atoms with Crippen molar-refractivity contribution in [1.29, 1.82) is 0 Å². The van der Waals surface area contributed by atoms with E-state index in [1.807, 2.05) is 19.1 Å². The van der Waals surface area contributed by atoms with Gasteiger partial charge in [-0.25, -0.2) is 0 Å². The van der Waals surface area contributed by atoms with Gasteiger partial charge in [-0.2, -0.15) is 0 Å². The summed E-state index contributed by atoms with van der Waals surface area (Å²) in [4.78, 5) is 0. The second kappa shape index (κ2) is 7.69. The van der Waals surface area contributed by atoms with Gasteiger partial charge in [0.2, 0.25) is 0 Å². The lowest BCUT2D eigenvalue weighted by Crippen LogP contribution is -2.53. The molecule has 4 aliphatic carbocycles. The quantitative estimate of drug-likeness (QED) is 0.591. The molecule has 0 spiro atoms. The number of hydrogen-bond donors (Lipinski definition) is 1. The summed E-state index contributed by atoms with van der Waals surface area (Å²) in [5.41, 5.74) is 3.09. The normalized spacial score (nSPS) is 44.3. The van der Waals surface area contributed by atoms with Crippen LogP contribution in [0.4, 0.5) is 0 Å². The van der Waals surface area contributed by atoms with Crippen LogP contribution in [0.15, 0.2) is 29.8 Å². The highest BCUT2D eigenvalue weighted by atomic mass is 16.5. The van der Waals surface area contributed by atoms with Crippen molar-refractivity contribution >= 4 is 6.08 Å². The van der Waals surface area contributed by atoms with E-state index in [1.54, 1.807) is 0 Å². The number of hydrogen-bond acceptors (Lipinski definition) is 2. The number of ether oxygens (including phenoxy) is 1. The second-order valence-corrected chi connectivity index (χ2v) is 11.3. The molecule has 4 aliphatic rings. The monoisotopic (exact) mass is 408 g/mol. The Bertz CT molecular complexity index is 795. The molecule has 30 heavy (non-hydrogen) atoms. The molecule has 4 saturated carbocycles. The van der Waals surface area contributed by atoms with E-state index in [1.165, 1.54) is 62.5 Å². The summed E-state index contributed by atoms with van der Waals surface area (Å²) in [5, 5.41) is 11.4. The summed E-state index contributed by atoms with van der Waals surface area (Å²) in [7, 11) is 0. The lowest BCUT2D eigenvalue weighted by Gasteiger charge is -2.60. The fraction of sp³-hybridized carbons (Fsp3) is 0.714. The molecule has 4 fully saturated rings. The number of aliphatic hydroxyl groups is 1. The molecule has 0 aliphatic heterocycles. The van der Waals surface area contributed by atoms with Crippen molar-refractivity contribution in [2.75, 3.05) is 6.61 Å². The van der Waals surface area contributed by atoms with Gasteiger partial charge in [0, 0.05) is 5.41 Å². The van der Waals surface area contributed by atoms with Gasteiger partial charge < -0.3 is 9.84 Å². The highest BCUT2D eigenvalue weighted by Crippen LogP contribution is 2.67. The van der Waals surface area contributed by atoms with Crippen LogP contribution in [0.25, 0.3) is 6.08 Å². The van der Waals surface area contributed by atoms with Crippen molar-refractivity contribution < 1.29 is 9.84 Å². The molecule has 0 saturated heterocycles. The minimum Gasteiger partial charge on any atom is -0.494 e. The average molecular weight is 409 g/mol. The highest BCUT2D eigenvalue weighted by molar-refractivity contribution is 5.56. The third kappa shape index (κ3) is 3.17. The number of rotatable bonds is 3. The minimum atomic E-state index is -0.285. The maximum Gasteiger partial charge on any atom is 0.119 e. The molecule has 0 amide bonds. The van der Waals surface area contributed by atoms with Gasteiger partial charge in [-0.05, 0) is 104 Å². The minimum absolute atomic E-state index is 0.0656. The molecule has 1 N–H and O–H groups in total. The molecule has 1 aromatic carbocycles. The summed E-state index contributed by atoms with van der Waals surface area (Å²) in [5.74, 6) is 4.23. The van der Waals surface area contributed by atoms with Gasteiger partial charge in [-0.3, -0.25) is 0 Å². The third-order valence-corrected chi connectivity index (χ3v) is 10.00. The Balaban J connectivity index is 1.40. The van der Waals surface area contributed by atoms with Gasteiger partial charge in [0.25, 0.3) is 0 Å². The topological polar surface area (TPSA) is 29.5 Å². The maximum atomic E-state index is 11.4. The molecular formula is C28H40O2. The van der Waals surface area contributed by atoms with E-state index in [2.05, 4.69) is 32.1 Å². The van der Waals surface area contributed by atoms with Gasteiger partial charge in [0.1, 0.15) is 5.75 Å². The lowest BCUT2D eigenvalue weighted by atomic mass is 9.45. The average Bonchev–Trinajstić information content (AvgIpc) is 3.00. The lowest BCUT2D eigenvalue weighted by molar-refractivity contribution is -0.119. The zero-order valence-corrected chi connectivity index (χ0v) is 19.2. The predicted molar refractivity (Wildman–Crippen MR) is 123 cm³/mol. The Morgan fingerprint density at radius 2 is 1.77 bits per heavy atom. The van der Waals surface area contributed by atoms with Gasteiger partial charge in [0.05, 0.1) is 12.7 Å². The molecule has 0 aromatic heterocycles. The van der Waals surface area contributed by atoms with Crippen molar-refractivity contribution in [3.63, 3.8) is 0 Å². The van der Waals surface area contributed by atoms with Gasteiger partial charge in [-0.1, -0.05) is 44.9 Å². The van der Waals surface area contributed by atoms with Crippen LogP contribution in [0.1, 0.15) is 84.1 Å². The van der Waals surface area contributed by atoms with Crippen LogP contribution in [-0.2, 0) is 0 Å². The maximum absolute atomic E-state index is 11.4. The van der Waals surface area contributed by atoms with Crippen LogP contribution >= 0.6 is 0 Å². The van der Waals surface area contributed by atoms with Crippen LogP contribution in [0.5, 0.6) is 5.75 Å². The van der Waals surface area contributed by atoms with E-state index in [9.17, 15) is 5.11 Å². The molecule has 5 rings (SSSR count). The molecule has 0 radical (unpaired) electrons. The molecule has 0 heterocycles. The third-order valence-electron chi connectivity index (χ3n) is 10.00. The molecule has 1 aromatic rings. The first kappa shape index (κ1) is 20.6. The van der Waals surface area contributed by atoms with Crippen LogP contribution in [-0.4, -0.2) is 17.8 Å². The van der Waals surface area contributed by atoms with E-state index < -0.39 is 0 Å². The smallest absolute Gasteiger partial charge is 0.119 e. The first-order valence-electron chi connectivity index (χ1n) is 12.6. The number of benzene rings is 1.